The molecule has 110 valence electrons. The SMILES string of the molecule is CCCC1CCC(NC(=S)NC2CCCCC2)CC1. The molecule has 2 fully saturated rings. The number of thiocarbonyl (C=S) groups is 1. The van der Waals surface area contributed by atoms with Crippen LogP contribution in [0.5, 0.6) is 0 Å². The number of hydrogen-bond donors (Lipinski definition) is 2. The smallest absolute Gasteiger partial charge is 0.166 e. The molecular weight excluding hydrogens is 252 g/mol. The molecule has 0 aromatic carbocycles. The Morgan fingerprint density at radius 1 is 0.895 bits per heavy atom. The lowest BCUT2D eigenvalue weighted by Gasteiger charge is -2.31. The van der Waals surface area contributed by atoms with Gasteiger partial charge in [0.05, 0.1) is 0 Å². The molecule has 2 aliphatic carbocycles. The van der Waals surface area contributed by atoms with Crippen molar-refractivity contribution >= 4 is 17.3 Å². The zero-order chi connectivity index (χ0) is 13.5. The van der Waals surface area contributed by atoms with Crippen LogP contribution in [0.3, 0.4) is 0 Å². The predicted molar refractivity (Wildman–Crippen MR) is 86.4 cm³/mol. The fourth-order valence-electron chi connectivity index (χ4n) is 3.66. The largest absolute Gasteiger partial charge is 0.360 e. The third-order valence-electron chi connectivity index (χ3n) is 4.82. The molecule has 0 aromatic rings. The molecule has 0 aliphatic heterocycles. The fraction of sp³-hybridized carbons (Fsp3) is 0.938. The van der Waals surface area contributed by atoms with Crippen molar-refractivity contribution in [3.05, 3.63) is 0 Å². The van der Waals surface area contributed by atoms with E-state index in [1.165, 1.54) is 70.6 Å². The summed E-state index contributed by atoms with van der Waals surface area (Å²) >= 11 is 5.47. The molecule has 0 bridgehead atoms. The van der Waals surface area contributed by atoms with E-state index in [0.29, 0.717) is 12.1 Å². The van der Waals surface area contributed by atoms with Crippen LogP contribution in [0.4, 0.5) is 0 Å². The van der Waals surface area contributed by atoms with Crippen LogP contribution in [-0.4, -0.2) is 17.2 Å². The molecule has 2 saturated carbocycles. The molecule has 2 N–H and O–H groups in total. The maximum atomic E-state index is 5.47. The Labute approximate surface area is 124 Å². The Kier molecular flexibility index (Phi) is 6.42. The molecule has 2 rings (SSSR count). The molecule has 2 nitrogen and oxygen atoms in total. The lowest BCUT2D eigenvalue weighted by atomic mass is 9.83. The van der Waals surface area contributed by atoms with Gasteiger partial charge in [-0.05, 0) is 56.7 Å². The lowest BCUT2D eigenvalue weighted by molar-refractivity contribution is 0.294. The van der Waals surface area contributed by atoms with Crippen LogP contribution in [-0.2, 0) is 0 Å². The summed E-state index contributed by atoms with van der Waals surface area (Å²) in [5, 5.41) is 7.98. The van der Waals surface area contributed by atoms with Crippen LogP contribution in [0.25, 0.3) is 0 Å². The summed E-state index contributed by atoms with van der Waals surface area (Å²) in [5.74, 6) is 0.975. The van der Waals surface area contributed by atoms with Gasteiger partial charge in [0.1, 0.15) is 0 Å². The van der Waals surface area contributed by atoms with Gasteiger partial charge in [-0.3, -0.25) is 0 Å². The first-order chi connectivity index (χ1) is 9.28. The average Bonchev–Trinajstić information content (AvgIpc) is 2.42. The Balaban J connectivity index is 1.63. The molecule has 2 aliphatic rings. The van der Waals surface area contributed by atoms with Crippen molar-refractivity contribution in [2.24, 2.45) is 5.92 Å². The molecule has 19 heavy (non-hydrogen) atoms. The van der Waals surface area contributed by atoms with E-state index in [-0.39, 0.29) is 0 Å². The van der Waals surface area contributed by atoms with E-state index >= 15 is 0 Å². The Hall–Kier alpha value is -0.310. The summed E-state index contributed by atoms with van der Waals surface area (Å²) in [6.07, 6.45) is 14.9. The van der Waals surface area contributed by atoms with Gasteiger partial charge in [0.2, 0.25) is 0 Å². The van der Waals surface area contributed by atoms with E-state index in [2.05, 4.69) is 17.6 Å². The summed E-state index contributed by atoms with van der Waals surface area (Å²) < 4.78 is 0. The summed E-state index contributed by atoms with van der Waals surface area (Å²) in [6, 6.07) is 1.25. The fourth-order valence-corrected chi connectivity index (χ4v) is 4.00. The van der Waals surface area contributed by atoms with Crippen molar-refractivity contribution in [1.29, 1.82) is 0 Å². The third kappa shape index (κ3) is 5.29. The second kappa shape index (κ2) is 8.08. The molecule has 0 spiro atoms. The van der Waals surface area contributed by atoms with E-state index in [1.807, 2.05) is 0 Å². The van der Waals surface area contributed by atoms with Crippen molar-refractivity contribution in [2.45, 2.75) is 89.6 Å². The van der Waals surface area contributed by atoms with Crippen LogP contribution in [0, 0.1) is 5.92 Å². The minimum absolute atomic E-state index is 0.622. The van der Waals surface area contributed by atoms with Gasteiger partial charge in [0.25, 0.3) is 0 Å². The highest BCUT2D eigenvalue weighted by Gasteiger charge is 2.21. The third-order valence-corrected chi connectivity index (χ3v) is 5.05. The van der Waals surface area contributed by atoms with Gasteiger partial charge in [0.15, 0.2) is 5.11 Å². The van der Waals surface area contributed by atoms with E-state index in [4.69, 9.17) is 12.2 Å². The van der Waals surface area contributed by atoms with Crippen LogP contribution < -0.4 is 10.6 Å². The zero-order valence-electron chi connectivity index (χ0n) is 12.4. The minimum atomic E-state index is 0.622. The Morgan fingerprint density at radius 2 is 1.47 bits per heavy atom. The Morgan fingerprint density at radius 3 is 2.05 bits per heavy atom. The highest BCUT2D eigenvalue weighted by molar-refractivity contribution is 7.80. The van der Waals surface area contributed by atoms with E-state index in [0.717, 1.165) is 11.0 Å². The topological polar surface area (TPSA) is 24.1 Å². The first-order valence-electron chi connectivity index (χ1n) is 8.35. The molecule has 0 radical (unpaired) electrons. The van der Waals surface area contributed by atoms with Crippen molar-refractivity contribution in [3.8, 4) is 0 Å². The highest BCUT2D eigenvalue weighted by Crippen LogP contribution is 2.27. The predicted octanol–water partition coefficient (Wildman–Crippen LogP) is 4.14. The number of rotatable bonds is 4. The maximum Gasteiger partial charge on any atom is 0.166 e. The van der Waals surface area contributed by atoms with Crippen LogP contribution in [0.15, 0.2) is 0 Å². The highest BCUT2D eigenvalue weighted by atomic mass is 32.1. The molecule has 3 heteroatoms. The monoisotopic (exact) mass is 282 g/mol. The summed E-state index contributed by atoms with van der Waals surface area (Å²) in [6.45, 7) is 2.30. The van der Waals surface area contributed by atoms with Gasteiger partial charge < -0.3 is 10.6 Å². The summed E-state index contributed by atoms with van der Waals surface area (Å²) in [7, 11) is 0. The maximum absolute atomic E-state index is 5.47. The Bertz CT molecular complexity index is 266. The van der Waals surface area contributed by atoms with Gasteiger partial charge >= 0.3 is 0 Å². The van der Waals surface area contributed by atoms with Crippen molar-refractivity contribution in [2.75, 3.05) is 0 Å². The molecule has 0 atom stereocenters. The first-order valence-corrected chi connectivity index (χ1v) is 8.75. The van der Waals surface area contributed by atoms with Crippen LogP contribution in [0.1, 0.15) is 77.6 Å². The molecule has 0 unspecified atom stereocenters. The van der Waals surface area contributed by atoms with Crippen LogP contribution in [0.2, 0.25) is 0 Å². The van der Waals surface area contributed by atoms with Crippen molar-refractivity contribution in [1.82, 2.24) is 10.6 Å². The second-order valence-electron chi connectivity index (χ2n) is 6.46. The molecule has 0 heterocycles. The molecule has 0 amide bonds. The van der Waals surface area contributed by atoms with Crippen molar-refractivity contribution < 1.29 is 0 Å². The quantitative estimate of drug-likeness (QED) is 0.758. The van der Waals surface area contributed by atoms with Crippen LogP contribution >= 0.6 is 12.2 Å². The first kappa shape index (κ1) is 15.1. The minimum Gasteiger partial charge on any atom is -0.360 e. The van der Waals surface area contributed by atoms with Gasteiger partial charge in [0, 0.05) is 12.1 Å². The standard InChI is InChI=1S/C16H30N2S/c1-2-6-13-9-11-15(12-10-13)18-16(19)17-14-7-4-3-5-8-14/h13-15H,2-12H2,1H3,(H2,17,18,19). The van der Waals surface area contributed by atoms with Gasteiger partial charge in [-0.25, -0.2) is 0 Å². The summed E-state index contributed by atoms with van der Waals surface area (Å²) in [5.41, 5.74) is 0. The van der Waals surface area contributed by atoms with Gasteiger partial charge in [-0.2, -0.15) is 0 Å². The zero-order valence-corrected chi connectivity index (χ0v) is 13.2. The summed E-state index contributed by atoms with van der Waals surface area (Å²) in [4.78, 5) is 0. The van der Waals surface area contributed by atoms with Gasteiger partial charge in [-0.15, -0.1) is 0 Å². The number of hydrogen-bond acceptors (Lipinski definition) is 1. The number of nitrogens with one attached hydrogen (secondary N) is 2. The van der Waals surface area contributed by atoms with E-state index in [1.54, 1.807) is 0 Å². The molecular formula is C16H30N2S. The normalized spacial score (nSPS) is 28.9. The molecule has 0 saturated heterocycles. The molecule has 0 aromatic heterocycles. The van der Waals surface area contributed by atoms with Gasteiger partial charge in [-0.1, -0.05) is 39.0 Å². The average molecular weight is 282 g/mol. The van der Waals surface area contributed by atoms with Crippen molar-refractivity contribution in [3.63, 3.8) is 0 Å². The second-order valence-corrected chi connectivity index (χ2v) is 6.87. The van der Waals surface area contributed by atoms with E-state index < -0.39 is 0 Å². The van der Waals surface area contributed by atoms with E-state index in [9.17, 15) is 0 Å². The lowest BCUT2D eigenvalue weighted by Crippen LogP contribution is -2.47.